The number of hydrogen-bond acceptors (Lipinski definition) is 5. The third-order valence-electron chi connectivity index (χ3n) is 4.39. The van der Waals surface area contributed by atoms with Crippen molar-refractivity contribution >= 4 is 17.7 Å². The molecule has 28 heavy (non-hydrogen) atoms. The van der Waals surface area contributed by atoms with Gasteiger partial charge in [0.05, 0.1) is 0 Å². The van der Waals surface area contributed by atoms with Crippen LogP contribution in [0.4, 0.5) is 4.39 Å². The lowest BCUT2D eigenvalue weighted by molar-refractivity contribution is -0.130. The highest BCUT2D eigenvalue weighted by Gasteiger charge is 2.28. The topological polar surface area (TPSA) is 77.0 Å². The maximum Gasteiger partial charge on any atom is 0.240 e. The molecule has 1 heterocycles. The summed E-state index contributed by atoms with van der Waals surface area (Å²) in [5.74, 6) is 6.26. The van der Waals surface area contributed by atoms with Crippen molar-refractivity contribution in [2.24, 2.45) is 0 Å². The van der Waals surface area contributed by atoms with Crippen LogP contribution in [0.15, 0.2) is 59.8 Å². The fourth-order valence-electron chi connectivity index (χ4n) is 2.85. The van der Waals surface area contributed by atoms with Gasteiger partial charge in [0.15, 0.2) is 5.82 Å². The van der Waals surface area contributed by atoms with Crippen molar-refractivity contribution in [1.82, 2.24) is 19.8 Å². The zero-order chi connectivity index (χ0) is 20.1. The molecule has 0 aliphatic heterocycles. The van der Waals surface area contributed by atoms with E-state index in [2.05, 4.69) is 10.2 Å². The Hall–Kier alpha value is -2.87. The third kappa shape index (κ3) is 4.17. The molecule has 0 fully saturated rings. The normalized spacial score (nSPS) is 12.0. The van der Waals surface area contributed by atoms with E-state index in [9.17, 15) is 9.18 Å². The van der Waals surface area contributed by atoms with Crippen molar-refractivity contribution in [1.29, 1.82) is 0 Å². The van der Waals surface area contributed by atoms with Crippen LogP contribution in [-0.2, 0) is 4.79 Å². The highest BCUT2D eigenvalue weighted by Crippen LogP contribution is 2.36. The molecule has 2 aromatic carbocycles. The molecule has 1 atom stereocenters. The van der Waals surface area contributed by atoms with E-state index in [1.165, 1.54) is 28.6 Å². The minimum atomic E-state index is -0.492. The fourth-order valence-corrected chi connectivity index (χ4v) is 3.89. The molecule has 1 unspecified atom stereocenters. The number of carbonyl (C=O) groups excluding carboxylic acids is 1. The maximum atomic E-state index is 13.2. The Labute approximate surface area is 167 Å². The van der Waals surface area contributed by atoms with E-state index in [-0.39, 0.29) is 11.7 Å². The number of nitrogens with zero attached hydrogens (tertiary/aromatic N) is 4. The Kier molecular flexibility index (Phi) is 6.30. The summed E-state index contributed by atoms with van der Waals surface area (Å²) in [4.78, 5) is 14.9. The molecule has 6 nitrogen and oxygen atoms in total. The van der Waals surface area contributed by atoms with Gasteiger partial charge >= 0.3 is 0 Å². The van der Waals surface area contributed by atoms with Gasteiger partial charge in [-0.1, -0.05) is 42.1 Å². The van der Waals surface area contributed by atoms with Crippen LogP contribution >= 0.6 is 11.8 Å². The minimum Gasteiger partial charge on any atom is -0.342 e. The number of aromatic nitrogens is 3. The van der Waals surface area contributed by atoms with Gasteiger partial charge in [0.1, 0.15) is 11.1 Å². The number of rotatable bonds is 7. The summed E-state index contributed by atoms with van der Waals surface area (Å²) in [5.41, 5.74) is 1.52. The summed E-state index contributed by atoms with van der Waals surface area (Å²) in [5, 5.41) is 8.21. The first-order valence-electron chi connectivity index (χ1n) is 9.02. The standard InChI is InChI=1S/C20H22FN5OS/c1-3-25(4-2)19(27)17(14-8-6-5-7-9-14)28-20-24-23-18(26(20)22)15-10-12-16(21)13-11-15/h5-13,17H,3-4,22H2,1-2H3. The van der Waals surface area contributed by atoms with E-state index in [1.54, 1.807) is 17.0 Å². The van der Waals surface area contributed by atoms with Crippen LogP contribution in [0.1, 0.15) is 24.7 Å². The first kappa shape index (κ1) is 19.9. The third-order valence-corrected chi connectivity index (χ3v) is 5.59. The van der Waals surface area contributed by atoms with Gasteiger partial charge in [-0.3, -0.25) is 4.79 Å². The smallest absolute Gasteiger partial charge is 0.240 e. The number of thioether (sulfide) groups is 1. The molecule has 2 N–H and O–H groups in total. The van der Waals surface area contributed by atoms with Crippen LogP contribution in [0, 0.1) is 5.82 Å². The first-order valence-corrected chi connectivity index (χ1v) is 9.89. The second-order valence-electron chi connectivity index (χ2n) is 6.10. The van der Waals surface area contributed by atoms with Gasteiger partial charge in [-0.05, 0) is 43.7 Å². The van der Waals surface area contributed by atoms with Gasteiger partial charge in [0.25, 0.3) is 0 Å². The first-order chi connectivity index (χ1) is 13.5. The van der Waals surface area contributed by atoms with Crippen molar-refractivity contribution < 1.29 is 9.18 Å². The van der Waals surface area contributed by atoms with Gasteiger partial charge in [-0.15, -0.1) is 10.2 Å². The molecule has 1 aromatic heterocycles. The van der Waals surface area contributed by atoms with E-state index in [0.717, 1.165) is 5.56 Å². The van der Waals surface area contributed by atoms with E-state index >= 15 is 0 Å². The Morgan fingerprint density at radius 1 is 1.11 bits per heavy atom. The summed E-state index contributed by atoms with van der Waals surface area (Å²) in [7, 11) is 0. The van der Waals surface area contributed by atoms with Crippen molar-refractivity contribution in [3.05, 3.63) is 66.0 Å². The second-order valence-corrected chi connectivity index (χ2v) is 7.17. The number of nitrogens with two attached hydrogens (primary N) is 1. The number of nitrogen functional groups attached to an aromatic ring is 1. The van der Waals surface area contributed by atoms with Gasteiger partial charge in [0.2, 0.25) is 11.1 Å². The molecule has 3 rings (SSSR count). The van der Waals surface area contributed by atoms with E-state index < -0.39 is 5.25 Å². The molecule has 1 amide bonds. The summed E-state index contributed by atoms with van der Waals surface area (Å²) in [6.07, 6.45) is 0. The SMILES string of the molecule is CCN(CC)C(=O)C(Sc1nnc(-c2ccc(F)cc2)n1N)c1ccccc1. The minimum absolute atomic E-state index is 0.00691. The van der Waals surface area contributed by atoms with Crippen LogP contribution in [0.3, 0.4) is 0 Å². The maximum absolute atomic E-state index is 13.2. The summed E-state index contributed by atoms with van der Waals surface area (Å²) in [6.45, 7) is 5.14. The quantitative estimate of drug-likeness (QED) is 0.486. The molecule has 0 radical (unpaired) electrons. The highest BCUT2D eigenvalue weighted by atomic mass is 32.2. The lowest BCUT2D eigenvalue weighted by Crippen LogP contribution is -2.34. The van der Waals surface area contributed by atoms with Crippen LogP contribution < -0.4 is 5.84 Å². The van der Waals surface area contributed by atoms with Crippen molar-refractivity contribution in [3.8, 4) is 11.4 Å². The Morgan fingerprint density at radius 3 is 2.36 bits per heavy atom. The van der Waals surface area contributed by atoms with Crippen LogP contribution in [-0.4, -0.2) is 38.8 Å². The van der Waals surface area contributed by atoms with Gasteiger partial charge < -0.3 is 10.7 Å². The average Bonchev–Trinajstić information content (AvgIpc) is 3.08. The number of hydrogen-bond donors (Lipinski definition) is 1. The predicted molar refractivity (Wildman–Crippen MR) is 109 cm³/mol. The zero-order valence-corrected chi connectivity index (χ0v) is 16.6. The number of halogens is 1. The number of likely N-dealkylation sites (N-methyl/N-ethyl adjacent to an activating group) is 1. The van der Waals surface area contributed by atoms with Crippen molar-refractivity contribution in [2.45, 2.75) is 24.3 Å². The molecule has 0 saturated carbocycles. The average molecular weight is 399 g/mol. The Bertz CT molecular complexity index is 926. The monoisotopic (exact) mass is 399 g/mol. The molecule has 0 spiro atoms. The summed E-state index contributed by atoms with van der Waals surface area (Å²) >= 11 is 1.25. The van der Waals surface area contributed by atoms with Gasteiger partial charge in [0, 0.05) is 18.7 Å². The zero-order valence-electron chi connectivity index (χ0n) is 15.7. The van der Waals surface area contributed by atoms with Crippen molar-refractivity contribution in [3.63, 3.8) is 0 Å². The van der Waals surface area contributed by atoms with E-state index in [4.69, 9.17) is 5.84 Å². The van der Waals surface area contributed by atoms with Crippen molar-refractivity contribution in [2.75, 3.05) is 18.9 Å². The molecule has 3 aromatic rings. The molecular weight excluding hydrogens is 377 g/mol. The second kappa shape index (κ2) is 8.88. The molecule has 0 aliphatic rings. The van der Waals surface area contributed by atoms with Crippen LogP contribution in [0.5, 0.6) is 0 Å². The Morgan fingerprint density at radius 2 is 1.75 bits per heavy atom. The highest BCUT2D eigenvalue weighted by molar-refractivity contribution is 8.00. The fraction of sp³-hybridized carbons (Fsp3) is 0.250. The molecular formula is C20H22FN5OS. The number of amides is 1. The molecule has 8 heteroatoms. The Balaban J connectivity index is 1.93. The van der Waals surface area contributed by atoms with Gasteiger partial charge in [-0.25, -0.2) is 9.07 Å². The van der Waals surface area contributed by atoms with Crippen LogP contribution in [0.2, 0.25) is 0 Å². The molecule has 0 bridgehead atoms. The lowest BCUT2D eigenvalue weighted by atomic mass is 10.1. The van der Waals surface area contributed by atoms with Crippen LogP contribution in [0.25, 0.3) is 11.4 Å². The number of benzene rings is 2. The largest absolute Gasteiger partial charge is 0.342 e. The summed E-state index contributed by atoms with van der Waals surface area (Å²) in [6, 6.07) is 15.4. The van der Waals surface area contributed by atoms with Gasteiger partial charge in [-0.2, -0.15) is 0 Å². The van der Waals surface area contributed by atoms with E-state index in [0.29, 0.717) is 29.6 Å². The molecule has 146 valence electrons. The summed E-state index contributed by atoms with van der Waals surface area (Å²) < 4.78 is 14.5. The molecule has 0 aliphatic carbocycles. The molecule has 0 saturated heterocycles. The lowest BCUT2D eigenvalue weighted by Gasteiger charge is -2.24. The number of carbonyl (C=O) groups is 1. The van der Waals surface area contributed by atoms with E-state index in [1.807, 2.05) is 44.2 Å². The predicted octanol–water partition coefficient (Wildman–Crippen LogP) is 3.50.